The van der Waals surface area contributed by atoms with Gasteiger partial charge < -0.3 is 9.52 Å². The second-order valence-electron chi connectivity index (χ2n) is 7.66. The molecule has 3 rings (SSSR count). The van der Waals surface area contributed by atoms with Crippen LogP contribution in [0.3, 0.4) is 0 Å². The molecule has 4 heteroatoms. The second-order valence-corrected chi connectivity index (χ2v) is 7.66. The van der Waals surface area contributed by atoms with Crippen molar-refractivity contribution in [2.24, 2.45) is 5.92 Å². The van der Waals surface area contributed by atoms with E-state index in [0.29, 0.717) is 18.7 Å². The molecule has 2 aromatic carbocycles. The Bertz CT molecular complexity index is 962. The van der Waals surface area contributed by atoms with Crippen LogP contribution in [-0.4, -0.2) is 22.7 Å². The molecule has 0 aliphatic rings. The highest BCUT2D eigenvalue weighted by Crippen LogP contribution is 2.24. The molecule has 1 heterocycles. The first-order chi connectivity index (χ1) is 13.5. The molecule has 0 aliphatic heterocycles. The smallest absolute Gasteiger partial charge is 0.336 e. The Kier molecular flexibility index (Phi) is 6.65. The van der Waals surface area contributed by atoms with Crippen molar-refractivity contribution in [2.75, 3.05) is 6.61 Å². The number of fused-ring (bicyclic) bond motifs is 1. The van der Waals surface area contributed by atoms with Gasteiger partial charge in [0.1, 0.15) is 5.58 Å². The normalized spacial score (nSPS) is 12.8. The third kappa shape index (κ3) is 4.70. The van der Waals surface area contributed by atoms with E-state index < -0.39 is 0 Å². The zero-order valence-corrected chi connectivity index (χ0v) is 16.9. The van der Waals surface area contributed by atoms with E-state index in [9.17, 15) is 9.90 Å². The SMILES string of the molecule is CCc1ccc2c(CN(Cc3ccccc3)C(CO)C(C)C)cc(=O)oc2c1. The van der Waals surface area contributed by atoms with E-state index >= 15 is 0 Å². The number of hydrogen-bond acceptors (Lipinski definition) is 4. The van der Waals surface area contributed by atoms with E-state index in [1.54, 1.807) is 6.07 Å². The molecule has 0 fully saturated rings. The first-order valence-electron chi connectivity index (χ1n) is 9.96. The molecule has 148 valence electrons. The topological polar surface area (TPSA) is 53.7 Å². The molecule has 1 aromatic heterocycles. The maximum absolute atomic E-state index is 12.2. The minimum absolute atomic E-state index is 0.00239. The van der Waals surface area contributed by atoms with Crippen LogP contribution >= 0.6 is 0 Å². The highest BCUT2D eigenvalue weighted by molar-refractivity contribution is 5.80. The summed E-state index contributed by atoms with van der Waals surface area (Å²) < 4.78 is 5.46. The van der Waals surface area contributed by atoms with Crippen LogP contribution < -0.4 is 5.63 Å². The van der Waals surface area contributed by atoms with E-state index in [0.717, 1.165) is 22.9 Å². The molecule has 1 unspecified atom stereocenters. The number of hydrogen-bond donors (Lipinski definition) is 1. The van der Waals surface area contributed by atoms with E-state index in [2.05, 4.69) is 43.9 Å². The Balaban J connectivity index is 2.01. The van der Waals surface area contributed by atoms with Gasteiger partial charge in [0.2, 0.25) is 0 Å². The average molecular weight is 380 g/mol. The first kappa shape index (κ1) is 20.3. The number of aliphatic hydroxyl groups excluding tert-OH is 1. The van der Waals surface area contributed by atoms with Gasteiger partial charge in [-0.2, -0.15) is 0 Å². The minimum atomic E-state index is -0.333. The molecule has 0 saturated carbocycles. The lowest BCUT2D eigenvalue weighted by Crippen LogP contribution is -2.40. The molecule has 0 amide bonds. The van der Waals surface area contributed by atoms with Crippen LogP contribution in [0.2, 0.25) is 0 Å². The van der Waals surface area contributed by atoms with Crippen molar-refractivity contribution in [2.45, 2.75) is 46.3 Å². The minimum Gasteiger partial charge on any atom is -0.423 e. The van der Waals surface area contributed by atoms with Gasteiger partial charge in [0.15, 0.2) is 0 Å². The van der Waals surface area contributed by atoms with Gasteiger partial charge in [0.25, 0.3) is 0 Å². The van der Waals surface area contributed by atoms with Crippen molar-refractivity contribution in [1.29, 1.82) is 0 Å². The Labute approximate surface area is 166 Å². The standard InChI is InChI=1S/C24H29NO3/c1-4-18-10-11-21-20(13-24(27)28-23(21)12-18)15-25(22(16-26)17(2)3)14-19-8-6-5-7-9-19/h5-13,17,22,26H,4,14-16H2,1-3H3. The predicted octanol–water partition coefficient (Wildman–Crippen LogP) is 4.37. The van der Waals surface area contributed by atoms with E-state index in [1.807, 2.05) is 30.3 Å². The van der Waals surface area contributed by atoms with Crippen LogP contribution in [0.1, 0.15) is 37.5 Å². The Hall–Kier alpha value is -2.43. The summed E-state index contributed by atoms with van der Waals surface area (Å²) in [6.45, 7) is 7.67. The lowest BCUT2D eigenvalue weighted by Gasteiger charge is -2.33. The van der Waals surface area contributed by atoms with Crippen LogP contribution in [0, 0.1) is 5.92 Å². The lowest BCUT2D eigenvalue weighted by atomic mass is 10.00. The van der Waals surface area contributed by atoms with Gasteiger partial charge in [0, 0.05) is 30.6 Å². The van der Waals surface area contributed by atoms with Crippen LogP contribution in [0.25, 0.3) is 11.0 Å². The van der Waals surface area contributed by atoms with Gasteiger partial charge in [-0.1, -0.05) is 63.2 Å². The third-order valence-electron chi connectivity index (χ3n) is 5.33. The Morgan fingerprint density at radius 2 is 1.75 bits per heavy atom. The monoisotopic (exact) mass is 379 g/mol. The molecule has 3 aromatic rings. The second kappa shape index (κ2) is 9.18. The maximum atomic E-state index is 12.2. The fourth-order valence-electron chi connectivity index (χ4n) is 3.70. The van der Waals surface area contributed by atoms with Crippen molar-refractivity contribution in [3.63, 3.8) is 0 Å². The van der Waals surface area contributed by atoms with Crippen molar-refractivity contribution in [3.05, 3.63) is 81.7 Å². The summed E-state index contributed by atoms with van der Waals surface area (Å²) in [5, 5.41) is 11.0. The molecule has 0 spiro atoms. The summed E-state index contributed by atoms with van der Waals surface area (Å²) in [6, 6.07) is 17.9. The molecule has 1 N–H and O–H groups in total. The van der Waals surface area contributed by atoms with E-state index in [4.69, 9.17) is 4.42 Å². The summed E-state index contributed by atoms with van der Waals surface area (Å²) in [7, 11) is 0. The molecule has 4 nitrogen and oxygen atoms in total. The molecule has 1 atom stereocenters. The maximum Gasteiger partial charge on any atom is 0.336 e. The molecule has 0 aliphatic carbocycles. The summed E-state index contributed by atoms with van der Waals surface area (Å²) in [4.78, 5) is 14.4. The number of aliphatic hydroxyl groups is 1. The fourth-order valence-corrected chi connectivity index (χ4v) is 3.70. The number of benzene rings is 2. The van der Waals surface area contributed by atoms with Crippen LogP contribution in [-0.2, 0) is 19.5 Å². The zero-order valence-electron chi connectivity index (χ0n) is 16.9. The highest BCUT2D eigenvalue weighted by Gasteiger charge is 2.23. The van der Waals surface area contributed by atoms with Crippen molar-refractivity contribution in [3.8, 4) is 0 Å². The Morgan fingerprint density at radius 1 is 1.00 bits per heavy atom. The molecule has 0 bridgehead atoms. The molecule has 28 heavy (non-hydrogen) atoms. The van der Waals surface area contributed by atoms with Gasteiger partial charge in [-0.05, 0) is 35.1 Å². The summed E-state index contributed by atoms with van der Waals surface area (Å²) >= 11 is 0. The molecule has 0 radical (unpaired) electrons. The van der Waals surface area contributed by atoms with Gasteiger partial charge in [-0.25, -0.2) is 4.79 Å². The van der Waals surface area contributed by atoms with E-state index in [1.165, 1.54) is 5.56 Å². The molecular formula is C24H29NO3. The van der Waals surface area contributed by atoms with Crippen LogP contribution in [0.5, 0.6) is 0 Å². The van der Waals surface area contributed by atoms with Crippen molar-refractivity contribution in [1.82, 2.24) is 4.90 Å². The largest absolute Gasteiger partial charge is 0.423 e. The van der Waals surface area contributed by atoms with Crippen LogP contribution in [0.4, 0.5) is 0 Å². The summed E-state index contributed by atoms with van der Waals surface area (Å²) in [6.07, 6.45) is 0.893. The lowest BCUT2D eigenvalue weighted by molar-refractivity contribution is 0.0787. The molecular weight excluding hydrogens is 350 g/mol. The summed E-state index contributed by atoms with van der Waals surface area (Å²) in [5.74, 6) is 0.284. The zero-order chi connectivity index (χ0) is 20.1. The van der Waals surface area contributed by atoms with Gasteiger partial charge in [0.05, 0.1) is 6.61 Å². The van der Waals surface area contributed by atoms with Crippen molar-refractivity contribution >= 4 is 11.0 Å². The Morgan fingerprint density at radius 3 is 2.39 bits per heavy atom. The van der Waals surface area contributed by atoms with Crippen LogP contribution in [0.15, 0.2) is 63.8 Å². The first-order valence-corrected chi connectivity index (χ1v) is 9.96. The summed E-state index contributed by atoms with van der Waals surface area (Å²) in [5.41, 5.74) is 3.56. The van der Waals surface area contributed by atoms with Gasteiger partial charge >= 0.3 is 5.63 Å². The number of rotatable bonds is 8. The number of aryl methyl sites for hydroxylation is 1. The third-order valence-corrected chi connectivity index (χ3v) is 5.33. The van der Waals surface area contributed by atoms with Crippen molar-refractivity contribution < 1.29 is 9.52 Å². The fraction of sp³-hybridized carbons (Fsp3) is 0.375. The number of nitrogens with zero attached hydrogens (tertiary/aromatic N) is 1. The predicted molar refractivity (Wildman–Crippen MR) is 113 cm³/mol. The molecule has 0 saturated heterocycles. The highest BCUT2D eigenvalue weighted by atomic mass is 16.4. The van der Waals surface area contributed by atoms with Gasteiger partial charge in [-0.15, -0.1) is 0 Å². The quantitative estimate of drug-likeness (QED) is 0.590. The average Bonchev–Trinajstić information content (AvgIpc) is 2.68. The van der Waals surface area contributed by atoms with E-state index in [-0.39, 0.29) is 24.2 Å². The van der Waals surface area contributed by atoms with Gasteiger partial charge in [-0.3, -0.25) is 4.90 Å².